The van der Waals surface area contributed by atoms with E-state index in [1.54, 1.807) is 6.33 Å². The predicted octanol–water partition coefficient (Wildman–Crippen LogP) is 2.92. The van der Waals surface area contributed by atoms with Crippen LogP contribution in [0.3, 0.4) is 0 Å². The summed E-state index contributed by atoms with van der Waals surface area (Å²) in [5.41, 5.74) is 5.03. The van der Waals surface area contributed by atoms with Gasteiger partial charge in [0.1, 0.15) is 12.1 Å². The summed E-state index contributed by atoms with van der Waals surface area (Å²) in [5.74, 6) is 1.74. The number of anilines is 1. The summed E-state index contributed by atoms with van der Waals surface area (Å²) in [4.78, 5) is 8.91. The molecular formula is C17H19N5. The summed E-state index contributed by atoms with van der Waals surface area (Å²) in [7, 11) is 0. The molecule has 5 nitrogen and oxygen atoms in total. The summed E-state index contributed by atoms with van der Waals surface area (Å²) in [5, 5.41) is 7.90. The Kier molecular flexibility index (Phi) is 3.25. The fourth-order valence-corrected chi connectivity index (χ4v) is 3.18. The molecule has 0 spiro atoms. The molecule has 112 valence electrons. The number of aromatic nitrogens is 4. The molecule has 0 saturated carbocycles. The van der Waals surface area contributed by atoms with Crippen molar-refractivity contribution in [1.82, 2.24) is 19.6 Å². The predicted molar refractivity (Wildman–Crippen MR) is 85.9 cm³/mol. The molecule has 1 aromatic carbocycles. The quantitative estimate of drug-likeness (QED) is 0.806. The van der Waals surface area contributed by atoms with Crippen molar-refractivity contribution in [1.29, 1.82) is 0 Å². The van der Waals surface area contributed by atoms with Gasteiger partial charge in [-0.15, -0.1) is 0 Å². The molecular weight excluding hydrogens is 274 g/mol. The molecule has 3 aromatic rings. The molecule has 1 aliphatic carbocycles. The van der Waals surface area contributed by atoms with E-state index in [2.05, 4.69) is 51.6 Å². The van der Waals surface area contributed by atoms with Crippen LogP contribution in [0, 0.1) is 6.92 Å². The molecule has 1 N–H and O–H groups in total. The van der Waals surface area contributed by atoms with Crippen molar-refractivity contribution in [3.8, 4) is 0 Å². The Hall–Kier alpha value is -2.43. The highest BCUT2D eigenvalue weighted by Crippen LogP contribution is 2.27. The first-order valence-corrected chi connectivity index (χ1v) is 7.82. The van der Waals surface area contributed by atoms with Crippen LogP contribution >= 0.6 is 0 Å². The Morgan fingerprint density at radius 1 is 1.23 bits per heavy atom. The van der Waals surface area contributed by atoms with Gasteiger partial charge in [-0.3, -0.25) is 0 Å². The molecule has 2 aromatic heterocycles. The highest BCUT2D eigenvalue weighted by atomic mass is 15.4. The SMILES string of the molecule is Cc1cccc(CNc2c3c(nc4ncnn24)CCCC3)c1. The molecule has 0 fully saturated rings. The van der Waals surface area contributed by atoms with Crippen molar-refractivity contribution in [3.05, 3.63) is 53.0 Å². The third kappa shape index (κ3) is 2.32. The third-order valence-corrected chi connectivity index (χ3v) is 4.24. The Bertz CT molecular complexity index is 821. The van der Waals surface area contributed by atoms with Crippen LogP contribution in [0.1, 0.15) is 35.2 Å². The van der Waals surface area contributed by atoms with Gasteiger partial charge in [0.2, 0.25) is 0 Å². The van der Waals surface area contributed by atoms with Crippen LogP contribution in [-0.4, -0.2) is 19.6 Å². The van der Waals surface area contributed by atoms with E-state index >= 15 is 0 Å². The van der Waals surface area contributed by atoms with Crippen molar-refractivity contribution >= 4 is 11.6 Å². The monoisotopic (exact) mass is 293 g/mol. The zero-order chi connectivity index (χ0) is 14.9. The van der Waals surface area contributed by atoms with Crippen LogP contribution in [0.2, 0.25) is 0 Å². The standard InChI is InChI=1S/C17H19N5/c1-12-5-4-6-13(9-12)10-18-16-14-7-2-3-8-15(14)21-17-19-11-20-22(16)17/h4-6,9,11,18H,2-3,7-8,10H2,1H3. The van der Waals surface area contributed by atoms with Gasteiger partial charge < -0.3 is 5.32 Å². The minimum Gasteiger partial charge on any atom is -0.366 e. The number of aryl methyl sites for hydroxylation is 2. The van der Waals surface area contributed by atoms with Crippen molar-refractivity contribution in [2.24, 2.45) is 0 Å². The molecule has 4 rings (SSSR count). The summed E-state index contributed by atoms with van der Waals surface area (Å²) in [6.45, 7) is 2.90. The normalized spacial score (nSPS) is 14.0. The van der Waals surface area contributed by atoms with E-state index in [-0.39, 0.29) is 0 Å². The van der Waals surface area contributed by atoms with Gasteiger partial charge in [-0.25, -0.2) is 4.98 Å². The molecule has 0 bridgehead atoms. The number of benzene rings is 1. The lowest BCUT2D eigenvalue weighted by Gasteiger charge is -2.20. The molecule has 0 unspecified atom stereocenters. The molecule has 0 aliphatic heterocycles. The average Bonchev–Trinajstić information content (AvgIpc) is 2.99. The molecule has 5 heteroatoms. The van der Waals surface area contributed by atoms with Crippen molar-refractivity contribution in [2.75, 3.05) is 5.32 Å². The smallest absolute Gasteiger partial charge is 0.254 e. The van der Waals surface area contributed by atoms with E-state index in [0.717, 1.165) is 25.2 Å². The van der Waals surface area contributed by atoms with Crippen LogP contribution in [-0.2, 0) is 19.4 Å². The first-order chi connectivity index (χ1) is 10.8. The highest BCUT2D eigenvalue weighted by molar-refractivity contribution is 5.54. The van der Waals surface area contributed by atoms with E-state index < -0.39 is 0 Å². The fourth-order valence-electron chi connectivity index (χ4n) is 3.18. The first-order valence-electron chi connectivity index (χ1n) is 7.82. The van der Waals surface area contributed by atoms with Gasteiger partial charge in [-0.2, -0.15) is 14.6 Å². The molecule has 0 radical (unpaired) electrons. The van der Waals surface area contributed by atoms with Crippen LogP contribution < -0.4 is 5.32 Å². The Labute approximate surface area is 129 Å². The van der Waals surface area contributed by atoms with E-state index in [4.69, 9.17) is 0 Å². The number of nitrogens with one attached hydrogen (secondary N) is 1. The van der Waals surface area contributed by atoms with E-state index in [9.17, 15) is 0 Å². The van der Waals surface area contributed by atoms with Crippen LogP contribution in [0.25, 0.3) is 5.78 Å². The second-order valence-electron chi connectivity index (χ2n) is 5.91. The molecule has 1 aliphatic rings. The maximum atomic E-state index is 4.65. The van der Waals surface area contributed by atoms with E-state index in [1.165, 1.54) is 35.2 Å². The van der Waals surface area contributed by atoms with E-state index in [1.807, 2.05) is 4.52 Å². The summed E-state index contributed by atoms with van der Waals surface area (Å²) in [6, 6.07) is 8.57. The Morgan fingerprint density at radius 3 is 3.05 bits per heavy atom. The van der Waals surface area contributed by atoms with Gasteiger partial charge in [-0.05, 0) is 38.2 Å². The summed E-state index contributed by atoms with van der Waals surface area (Å²) in [6.07, 6.45) is 6.10. The lowest BCUT2D eigenvalue weighted by Crippen LogP contribution is -2.15. The number of fused-ring (bicyclic) bond motifs is 2. The van der Waals surface area contributed by atoms with Crippen molar-refractivity contribution in [3.63, 3.8) is 0 Å². The zero-order valence-electron chi connectivity index (χ0n) is 12.7. The van der Waals surface area contributed by atoms with Gasteiger partial charge >= 0.3 is 0 Å². The molecule has 0 atom stereocenters. The van der Waals surface area contributed by atoms with Gasteiger partial charge in [-0.1, -0.05) is 29.8 Å². The molecule has 2 heterocycles. The minimum absolute atomic E-state index is 0.687. The van der Waals surface area contributed by atoms with Gasteiger partial charge in [0.25, 0.3) is 5.78 Å². The fraction of sp³-hybridized carbons (Fsp3) is 0.353. The van der Waals surface area contributed by atoms with Crippen LogP contribution in [0.4, 0.5) is 5.82 Å². The lowest BCUT2D eigenvalue weighted by molar-refractivity contribution is 0.660. The third-order valence-electron chi connectivity index (χ3n) is 4.24. The van der Waals surface area contributed by atoms with Gasteiger partial charge in [0.05, 0.1) is 5.69 Å². The Morgan fingerprint density at radius 2 is 2.14 bits per heavy atom. The maximum absolute atomic E-state index is 4.65. The van der Waals surface area contributed by atoms with Crippen LogP contribution in [0.5, 0.6) is 0 Å². The second kappa shape index (κ2) is 5.40. The van der Waals surface area contributed by atoms with Crippen LogP contribution in [0.15, 0.2) is 30.6 Å². The average molecular weight is 293 g/mol. The minimum atomic E-state index is 0.687. The number of hydrogen-bond acceptors (Lipinski definition) is 4. The van der Waals surface area contributed by atoms with Gasteiger partial charge in [0.15, 0.2) is 0 Å². The zero-order valence-corrected chi connectivity index (χ0v) is 12.7. The maximum Gasteiger partial charge on any atom is 0.254 e. The highest BCUT2D eigenvalue weighted by Gasteiger charge is 2.19. The molecule has 0 amide bonds. The second-order valence-corrected chi connectivity index (χ2v) is 5.91. The largest absolute Gasteiger partial charge is 0.366 e. The first kappa shape index (κ1) is 13.2. The van der Waals surface area contributed by atoms with Crippen molar-refractivity contribution < 1.29 is 0 Å². The van der Waals surface area contributed by atoms with E-state index in [0.29, 0.717) is 5.78 Å². The summed E-state index contributed by atoms with van der Waals surface area (Å²) < 4.78 is 1.83. The Balaban J connectivity index is 1.72. The number of rotatable bonds is 3. The molecule has 0 saturated heterocycles. The summed E-state index contributed by atoms with van der Waals surface area (Å²) >= 11 is 0. The number of hydrogen-bond donors (Lipinski definition) is 1. The van der Waals surface area contributed by atoms with Gasteiger partial charge in [0, 0.05) is 12.1 Å². The van der Waals surface area contributed by atoms with Crippen molar-refractivity contribution in [2.45, 2.75) is 39.2 Å². The number of nitrogens with zero attached hydrogens (tertiary/aromatic N) is 4. The molecule has 22 heavy (non-hydrogen) atoms. The topological polar surface area (TPSA) is 55.1 Å². The lowest BCUT2D eigenvalue weighted by atomic mass is 9.96.